The Hall–Kier alpha value is -3.48. The predicted molar refractivity (Wildman–Crippen MR) is 89.7 cm³/mol. The number of carbonyl (C=O) groups is 1. The third-order valence-electron chi connectivity index (χ3n) is 3.45. The summed E-state index contributed by atoms with van der Waals surface area (Å²) in [4.78, 5) is 15.0. The van der Waals surface area contributed by atoms with E-state index in [1.165, 1.54) is 25.5 Å². The molecular weight excluding hydrogens is 310 g/mol. The number of hydrogen-bond donors (Lipinski definition) is 4. The van der Waals surface area contributed by atoms with Crippen LogP contribution in [-0.4, -0.2) is 34.4 Å². The maximum atomic E-state index is 12.1. The number of H-pyrrole nitrogens is 1. The highest BCUT2D eigenvalue weighted by molar-refractivity contribution is 5.98. The molecule has 1 heterocycles. The van der Waals surface area contributed by atoms with Crippen molar-refractivity contribution < 1.29 is 19.7 Å². The summed E-state index contributed by atoms with van der Waals surface area (Å²) in [7, 11) is 1.52. The van der Waals surface area contributed by atoms with E-state index in [2.05, 4.69) is 15.5 Å². The number of phenolic OH excluding ortho intramolecular Hbond substituents is 2. The van der Waals surface area contributed by atoms with E-state index in [1.54, 1.807) is 30.3 Å². The second kappa shape index (κ2) is 6.33. The second-order valence-corrected chi connectivity index (χ2v) is 5.08. The van der Waals surface area contributed by atoms with E-state index >= 15 is 0 Å². The zero-order valence-electron chi connectivity index (χ0n) is 12.8. The molecule has 3 rings (SSSR count). The highest BCUT2D eigenvalue weighted by Crippen LogP contribution is 2.22. The van der Waals surface area contributed by atoms with Crippen LogP contribution in [0.5, 0.6) is 17.2 Å². The number of hydrazone groups is 1. The van der Waals surface area contributed by atoms with E-state index in [1.807, 2.05) is 0 Å². The van der Waals surface area contributed by atoms with Crippen LogP contribution in [0.15, 0.2) is 47.6 Å². The Morgan fingerprint density at radius 3 is 2.83 bits per heavy atom. The van der Waals surface area contributed by atoms with Crippen LogP contribution >= 0.6 is 0 Å². The number of aromatic amines is 1. The van der Waals surface area contributed by atoms with Crippen molar-refractivity contribution in [3.63, 3.8) is 0 Å². The number of methoxy groups -OCH3 is 1. The molecule has 0 aliphatic heterocycles. The highest BCUT2D eigenvalue weighted by Gasteiger charge is 2.09. The van der Waals surface area contributed by atoms with Crippen LogP contribution in [-0.2, 0) is 0 Å². The fraction of sp³-hybridized carbons (Fsp3) is 0.0588. The van der Waals surface area contributed by atoms with Crippen molar-refractivity contribution in [3.8, 4) is 17.2 Å². The Morgan fingerprint density at radius 1 is 1.21 bits per heavy atom. The number of amides is 1. The Balaban J connectivity index is 1.74. The van der Waals surface area contributed by atoms with Crippen molar-refractivity contribution in [2.45, 2.75) is 0 Å². The summed E-state index contributed by atoms with van der Waals surface area (Å²) in [5.41, 5.74) is 3.82. The molecule has 0 aliphatic rings. The van der Waals surface area contributed by atoms with Crippen molar-refractivity contribution in [3.05, 3.63) is 53.7 Å². The number of aromatic hydroxyl groups is 2. The van der Waals surface area contributed by atoms with E-state index in [0.29, 0.717) is 17.0 Å². The first kappa shape index (κ1) is 15.4. The minimum Gasteiger partial charge on any atom is -0.508 e. The van der Waals surface area contributed by atoms with Gasteiger partial charge in [-0.2, -0.15) is 5.10 Å². The quantitative estimate of drug-likeness (QED) is 0.436. The van der Waals surface area contributed by atoms with Gasteiger partial charge in [-0.25, -0.2) is 5.43 Å². The Morgan fingerprint density at radius 2 is 2.04 bits per heavy atom. The number of ether oxygens (including phenoxy) is 1. The average molecular weight is 325 g/mol. The number of rotatable bonds is 4. The molecule has 3 aromatic rings. The lowest BCUT2D eigenvalue weighted by molar-refractivity contribution is 0.0951. The Bertz CT molecular complexity index is 931. The van der Waals surface area contributed by atoms with Crippen LogP contribution in [0.3, 0.4) is 0 Å². The van der Waals surface area contributed by atoms with E-state index in [0.717, 1.165) is 10.9 Å². The summed E-state index contributed by atoms with van der Waals surface area (Å²) < 4.78 is 5.06. The maximum Gasteiger partial charge on any atom is 0.287 e. The number of fused-ring (bicyclic) bond motifs is 1. The Labute approximate surface area is 137 Å². The first-order chi connectivity index (χ1) is 11.6. The third kappa shape index (κ3) is 3.14. The van der Waals surface area contributed by atoms with Gasteiger partial charge in [0.05, 0.1) is 13.3 Å². The van der Waals surface area contributed by atoms with Crippen molar-refractivity contribution in [1.82, 2.24) is 10.4 Å². The number of benzene rings is 2. The SMILES string of the molecule is COc1ccc(O)c(C=NNC(=O)c2cc3cc(O)ccc3[nH]2)c1. The topological polar surface area (TPSA) is 107 Å². The van der Waals surface area contributed by atoms with Gasteiger partial charge in [0.1, 0.15) is 22.9 Å². The summed E-state index contributed by atoms with van der Waals surface area (Å²) in [5, 5.41) is 23.7. The predicted octanol–water partition coefficient (Wildman–Crippen LogP) is 2.35. The standard InChI is InChI=1S/C17H15N3O4/c1-24-13-3-5-16(22)11(7-13)9-18-20-17(23)15-8-10-6-12(21)2-4-14(10)19-15/h2-9,19,21-22H,1H3,(H,20,23). The van der Waals surface area contributed by atoms with Crippen LogP contribution in [0.4, 0.5) is 0 Å². The van der Waals surface area contributed by atoms with Crippen LogP contribution in [0.2, 0.25) is 0 Å². The molecule has 4 N–H and O–H groups in total. The number of nitrogens with zero attached hydrogens (tertiary/aromatic N) is 1. The van der Waals surface area contributed by atoms with E-state index < -0.39 is 5.91 Å². The van der Waals surface area contributed by atoms with Gasteiger partial charge >= 0.3 is 0 Å². The molecule has 122 valence electrons. The molecular formula is C17H15N3O4. The molecule has 0 saturated carbocycles. The minimum atomic E-state index is -0.440. The monoisotopic (exact) mass is 325 g/mol. The average Bonchev–Trinajstić information content (AvgIpc) is 2.99. The van der Waals surface area contributed by atoms with Crippen LogP contribution < -0.4 is 10.2 Å². The van der Waals surface area contributed by atoms with E-state index in [-0.39, 0.29) is 11.5 Å². The molecule has 0 spiro atoms. The van der Waals surface area contributed by atoms with Gasteiger partial charge in [0.15, 0.2) is 0 Å². The van der Waals surface area contributed by atoms with Crippen LogP contribution in [0, 0.1) is 0 Å². The molecule has 0 atom stereocenters. The first-order valence-electron chi connectivity index (χ1n) is 7.09. The molecule has 2 aromatic carbocycles. The first-order valence-corrected chi connectivity index (χ1v) is 7.09. The summed E-state index contributed by atoms with van der Waals surface area (Å²) in [5.74, 6) is 0.273. The van der Waals surface area contributed by atoms with E-state index in [4.69, 9.17) is 4.74 Å². The van der Waals surface area contributed by atoms with Crippen molar-refractivity contribution in [2.75, 3.05) is 7.11 Å². The molecule has 0 fully saturated rings. The summed E-state index contributed by atoms with van der Waals surface area (Å²) >= 11 is 0. The van der Waals surface area contributed by atoms with Gasteiger partial charge in [0, 0.05) is 16.5 Å². The highest BCUT2D eigenvalue weighted by atomic mass is 16.5. The van der Waals surface area contributed by atoms with Gasteiger partial charge in [0.2, 0.25) is 0 Å². The zero-order valence-corrected chi connectivity index (χ0v) is 12.8. The van der Waals surface area contributed by atoms with Gasteiger partial charge in [0.25, 0.3) is 5.91 Å². The summed E-state index contributed by atoms with van der Waals surface area (Å²) in [6, 6.07) is 11.1. The zero-order chi connectivity index (χ0) is 17.1. The molecule has 24 heavy (non-hydrogen) atoms. The number of hydrogen-bond acceptors (Lipinski definition) is 5. The molecule has 7 nitrogen and oxygen atoms in total. The van der Waals surface area contributed by atoms with Crippen molar-refractivity contribution in [1.29, 1.82) is 0 Å². The smallest absolute Gasteiger partial charge is 0.287 e. The number of carbonyl (C=O) groups excluding carboxylic acids is 1. The van der Waals surface area contributed by atoms with E-state index in [9.17, 15) is 15.0 Å². The lowest BCUT2D eigenvalue weighted by Gasteiger charge is -2.03. The lowest BCUT2D eigenvalue weighted by Crippen LogP contribution is -2.17. The molecule has 0 unspecified atom stereocenters. The van der Waals surface area contributed by atoms with Gasteiger partial charge in [-0.1, -0.05) is 0 Å². The second-order valence-electron chi connectivity index (χ2n) is 5.08. The molecule has 0 aliphatic carbocycles. The fourth-order valence-corrected chi connectivity index (χ4v) is 2.23. The fourth-order valence-electron chi connectivity index (χ4n) is 2.23. The van der Waals surface area contributed by atoms with Gasteiger partial charge in [-0.15, -0.1) is 0 Å². The third-order valence-corrected chi connectivity index (χ3v) is 3.45. The number of aromatic nitrogens is 1. The number of phenols is 2. The summed E-state index contributed by atoms with van der Waals surface area (Å²) in [6.07, 6.45) is 1.32. The minimum absolute atomic E-state index is 0.0230. The maximum absolute atomic E-state index is 12.1. The summed E-state index contributed by atoms with van der Waals surface area (Å²) in [6.45, 7) is 0. The molecule has 7 heteroatoms. The van der Waals surface area contributed by atoms with Crippen molar-refractivity contribution >= 4 is 23.0 Å². The molecule has 0 saturated heterocycles. The molecule has 1 amide bonds. The largest absolute Gasteiger partial charge is 0.508 e. The van der Waals surface area contributed by atoms with Gasteiger partial charge in [-0.3, -0.25) is 4.79 Å². The van der Waals surface area contributed by atoms with Crippen molar-refractivity contribution in [2.24, 2.45) is 5.10 Å². The molecule has 0 bridgehead atoms. The normalized spacial score (nSPS) is 11.0. The lowest BCUT2D eigenvalue weighted by atomic mass is 10.2. The van der Waals surface area contributed by atoms with Gasteiger partial charge < -0.3 is 19.9 Å². The molecule has 1 aromatic heterocycles. The molecule has 0 radical (unpaired) electrons. The number of nitrogens with one attached hydrogen (secondary N) is 2. The van der Waals surface area contributed by atoms with Gasteiger partial charge in [-0.05, 0) is 42.5 Å². The van der Waals surface area contributed by atoms with Crippen LogP contribution in [0.25, 0.3) is 10.9 Å². The van der Waals surface area contributed by atoms with Crippen LogP contribution in [0.1, 0.15) is 16.1 Å². The Kier molecular flexibility index (Phi) is 4.07.